The fourth-order valence-corrected chi connectivity index (χ4v) is 1.98. The van der Waals surface area contributed by atoms with E-state index in [1.807, 2.05) is 6.92 Å². The Bertz CT molecular complexity index is 428. The molecule has 0 saturated carbocycles. The molecule has 1 unspecified atom stereocenters. The monoisotopic (exact) mass is 307 g/mol. The van der Waals surface area contributed by atoms with Crippen molar-refractivity contribution >= 4 is 0 Å². The summed E-state index contributed by atoms with van der Waals surface area (Å²) in [6.07, 6.45) is 3.24. The van der Waals surface area contributed by atoms with Crippen LogP contribution in [0.25, 0.3) is 0 Å². The van der Waals surface area contributed by atoms with Gasteiger partial charge in [-0.25, -0.2) is 8.78 Å². The molecule has 0 saturated heterocycles. The summed E-state index contributed by atoms with van der Waals surface area (Å²) in [4.78, 5) is 0. The largest absolute Gasteiger partial charge is 0.487 e. The third-order valence-electron chi connectivity index (χ3n) is 3.19. The fraction of sp³-hybridized carbons (Fsp3) is 0.600. The van der Waals surface area contributed by atoms with Crippen LogP contribution in [0.2, 0.25) is 0 Å². The minimum Gasteiger partial charge on any atom is -0.487 e. The zero-order valence-corrected chi connectivity index (χ0v) is 12.3. The number of hydrogen-bond acceptors (Lipinski definition) is 2. The number of rotatable bonds is 9. The Kier molecular flexibility index (Phi) is 7.50. The molecule has 6 heteroatoms. The molecule has 0 radical (unpaired) electrons. The average molecular weight is 307 g/mol. The number of benzene rings is 1. The van der Waals surface area contributed by atoms with Gasteiger partial charge in [-0.1, -0.05) is 13.8 Å². The maximum Gasteiger partial charge on any atom is 0.203 e. The molecule has 120 valence electrons. The molecule has 1 atom stereocenters. The maximum absolute atomic E-state index is 13.3. The molecule has 0 aliphatic rings. The Morgan fingerprint density at radius 1 is 1.10 bits per heavy atom. The van der Waals surface area contributed by atoms with Gasteiger partial charge < -0.3 is 10.1 Å². The van der Waals surface area contributed by atoms with Gasteiger partial charge >= 0.3 is 0 Å². The number of nitrogens with one attached hydrogen (secondary N) is 1. The van der Waals surface area contributed by atoms with E-state index in [0.717, 1.165) is 25.8 Å². The normalized spacial score (nSPS) is 12.5. The Morgan fingerprint density at radius 2 is 1.71 bits per heavy atom. The highest BCUT2D eigenvalue weighted by molar-refractivity contribution is 5.28. The highest BCUT2D eigenvalue weighted by Gasteiger charge is 2.20. The lowest BCUT2D eigenvalue weighted by atomic mass is 10.1. The van der Waals surface area contributed by atoms with E-state index in [4.69, 9.17) is 4.74 Å². The zero-order chi connectivity index (χ0) is 15.8. The molecule has 1 aromatic carbocycles. The van der Waals surface area contributed by atoms with Crippen LogP contribution in [0.1, 0.15) is 39.5 Å². The lowest BCUT2D eigenvalue weighted by molar-refractivity contribution is 0.258. The van der Waals surface area contributed by atoms with Gasteiger partial charge in [0.15, 0.2) is 17.4 Å². The summed E-state index contributed by atoms with van der Waals surface area (Å²) in [6, 6.07) is 0.465. The molecule has 0 fully saturated rings. The van der Waals surface area contributed by atoms with Crippen LogP contribution in [0.15, 0.2) is 6.07 Å². The lowest BCUT2D eigenvalue weighted by Crippen LogP contribution is -2.29. The Balaban J connectivity index is 2.49. The van der Waals surface area contributed by atoms with Crippen molar-refractivity contribution in [3.05, 3.63) is 29.3 Å². The summed E-state index contributed by atoms with van der Waals surface area (Å²) >= 11 is 0. The van der Waals surface area contributed by atoms with Gasteiger partial charge in [0.05, 0.1) is 6.61 Å². The van der Waals surface area contributed by atoms with E-state index >= 15 is 0 Å². The molecule has 0 aliphatic carbocycles. The molecule has 1 aromatic rings. The predicted octanol–water partition coefficient (Wildman–Crippen LogP) is 4.18. The van der Waals surface area contributed by atoms with Gasteiger partial charge in [0, 0.05) is 12.1 Å². The minimum absolute atomic E-state index is 0.00103. The van der Waals surface area contributed by atoms with Gasteiger partial charge in [-0.15, -0.1) is 0 Å². The number of ether oxygens (including phenoxy) is 1. The topological polar surface area (TPSA) is 21.3 Å². The van der Waals surface area contributed by atoms with Crippen molar-refractivity contribution in [1.82, 2.24) is 5.32 Å². The summed E-state index contributed by atoms with van der Waals surface area (Å²) in [5, 5.41) is 3.34. The van der Waals surface area contributed by atoms with Crippen molar-refractivity contribution in [2.45, 2.75) is 45.6 Å². The smallest absolute Gasteiger partial charge is 0.203 e. The molecule has 0 aromatic heterocycles. The van der Waals surface area contributed by atoms with Crippen molar-refractivity contribution in [2.24, 2.45) is 0 Å². The highest BCUT2D eigenvalue weighted by atomic mass is 19.2. The lowest BCUT2D eigenvalue weighted by Gasteiger charge is -2.16. The van der Waals surface area contributed by atoms with E-state index in [1.54, 1.807) is 0 Å². The summed E-state index contributed by atoms with van der Waals surface area (Å²) in [7, 11) is 0. The zero-order valence-electron chi connectivity index (χ0n) is 12.3. The maximum atomic E-state index is 13.3. The van der Waals surface area contributed by atoms with Gasteiger partial charge in [0.1, 0.15) is 0 Å². The minimum atomic E-state index is -1.50. The first-order chi connectivity index (χ1) is 10.0. The van der Waals surface area contributed by atoms with E-state index in [-0.39, 0.29) is 12.7 Å². The fourth-order valence-electron chi connectivity index (χ4n) is 1.98. The van der Waals surface area contributed by atoms with Crippen LogP contribution in [-0.2, 0) is 0 Å². The molecule has 2 nitrogen and oxygen atoms in total. The molecular formula is C15H21F4NO. The van der Waals surface area contributed by atoms with E-state index in [9.17, 15) is 17.6 Å². The first-order valence-electron chi connectivity index (χ1n) is 7.20. The van der Waals surface area contributed by atoms with Crippen molar-refractivity contribution in [2.75, 3.05) is 13.2 Å². The van der Waals surface area contributed by atoms with Gasteiger partial charge in [-0.05, 0) is 32.2 Å². The molecule has 0 aliphatic heterocycles. The van der Waals surface area contributed by atoms with Gasteiger partial charge in [0.2, 0.25) is 11.6 Å². The van der Waals surface area contributed by atoms with Crippen LogP contribution < -0.4 is 10.1 Å². The van der Waals surface area contributed by atoms with E-state index in [0.29, 0.717) is 12.5 Å². The quantitative estimate of drug-likeness (QED) is 0.420. The van der Waals surface area contributed by atoms with Crippen molar-refractivity contribution in [1.29, 1.82) is 0 Å². The van der Waals surface area contributed by atoms with Crippen LogP contribution >= 0.6 is 0 Å². The first kappa shape index (κ1) is 17.8. The van der Waals surface area contributed by atoms with Crippen molar-refractivity contribution in [3.63, 3.8) is 0 Å². The first-order valence-corrected chi connectivity index (χ1v) is 7.20. The van der Waals surface area contributed by atoms with Gasteiger partial charge in [0.25, 0.3) is 0 Å². The molecule has 0 amide bonds. The Hall–Kier alpha value is -1.30. The summed E-state index contributed by atoms with van der Waals surface area (Å²) < 4.78 is 57.5. The highest BCUT2D eigenvalue weighted by Crippen LogP contribution is 2.26. The third-order valence-corrected chi connectivity index (χ3v) is 3.19. The van der Waals surface area contributed by atoms with Crippen molar-refractivity contribution < 1.29 is 22.3 Å². The van der Waals surface area contributed by atoms with E-state index in [2.05, 4.69) is 12.2 Å². The molecule has 1 rings (SSSR count). The van der Waals surface area contributed by atoms with Gasteiger partial charge in [-0.3, -0.25) is 0 Å². The number of hydrogen-bond donors (Lipinski definition) is 1. The van der Waals surface area contributed by atoms with Crippen LogP contribution in [0.3, 0.4) is 0 Å². The van der Waals surface area contributed by atoms with Crippen LogP contribution in [0, 0.1) is 23.3 Å². The predicted molar refractivity (Wildman–Crippen MR) is 73.4 cm³/mol. The summed E-state index contributed by atoms with van der Waals surface area (Å²) in [6.45, 7) is 5.00. The Labute approximate surface area is 122 Å². The molecule has 0 spiro atoms. The standard InChI is InChI=1S/C15H21F4NO/c1-3-7-20-10(4-2)6-5-8-21-15-13(18)11(16)9-12(17)14(15)19/h9-10,20H,3-8H2,1-2H3. The second-order valence-corrected chi connectivity index (χ2v) is 4.85. The van der Waals surface area contributed by atoms with Crippen LogP contribution in [0.4, 0.5) is 17.6 Å². The molecule has 1 N–H and O–H groups in total. The molecule has 0 heterocycles. The SMILES string of the molecule is CCCNC(CC)CCCOc1c(F)c(F)cc(F)c1F. The summed E-state index contributed by atoms with van der Waals surface area (Å²) in [5.41, 5.74) is 0. The van der Waals surface area contributed by atoms with Gasteiger partial charge in [-0.2, -0.15) is 8.78 Å². The van der Waals surface area contributed by atoms with Crippen LogP contribution in [-0.4, -0.2) is 19.2 Å². The number of halogens is 4. The average Bonchev–Trinajstić information content (AvgIpc) is 2.47. The molecule has 0 bridgehead atoms. The van der Waals surface area contributed by atoms with E-state index in [1.165, 1.54) is 0 Å². The van der Waals surface area contributed by atoms with Crippen molar-refractivity contribution in [3.8, 4) is 5.75 Å². The summed E-state index contributed by atoms with van der Waals surface area (Å²) in [5.74, 6) is -6.89. The second-order valence-electron chi connectivity index (χ2n) is 4.85. The molecule has 21 heavy (non-hydrogen) atoms. The Morgan fingerprint density at radius 3 is 2.24 bits per heavy atom. The second kappa shape index (κ2) is 8.87. The third kappa shape index (κ3) is 5.19. The van der Waals surface area contributed by atoms with Crippen LogP contribution in [0.5, 0.6) is 5.75 Å². The molecular weight excluding hydrogens is 286 g/mol. The van der Waals surface area contributed by atoms with E-state index < -0.39 is 29.0 Å².